The number of hydrogen-bond acceptors (Lipinski definition) is 2. The highest BCUT2D eigenvalue weighted by atomic mass is 32.1. The Balaban J connectivity index is 0.921. The molecule has 0 aliphatic heterocycles. The fourth-order valence-corrected chi connectivity index (χ4v) is 12.4. The van der Waals surface area contributed by atoms with E-state index < -0.39 is 0 Å². The molecule has 12 aromatic rings. The van der Waals surface area contributed by atoms with Crippen molar-refractivity contribution in [2.75, 3.05) is 0 Å². The highest BCUT2D eigenvalue weighted by molar-refractivity contribution is 7.27. The summed E-state index contributed by atoms with van der Waals surface area (Å²) in [6, 6.07) is 63.4. The number of rotatable bonds is 3. The number of benzene rings is 9. The fraction of sp³-hybridized carbons (Fsp3) is 0.105. The zero-order valence-corrected chi connectivity index (χ0v) is 34.3. The summed E-state index contributed by atoms with van der Waals surface area (Å²) < 4.78 is 4.98. The van der Waals surface area contributed by atoms with Gasteiger partial charge in [0.15, 0.2) is 5.65 Å². The third-order valence-electron chi connectivity index (χ3n) is 13.8. The molecule has 0 saturated carbocycles. The molecular weight excluding hydrogens is 745 g/mol. The molecule has 13 rings (SSSR count). The molecule has 0 amide bonds. The van der Waals surface area contributed by atoms with E-state index in [4.69, 9.17) is 4.98 Å². The van der Waals surface area contributed by atoms with Crippen LogP contribution in [0, 0.1) is 11.8 Å². The van der Waals surface area contributed by atoms with Gasteiger partial charge in [-0.2, -0.15) is 0 Å². The number of aromatic nitrogens is 2. The maximum absolute atomic E-state index is 5.48. The molecule has 3 aromatic heterocycles. The summed E-state index contributed by atoms with van der Waals surface area (Å²) >= 11 is 1.88. The van der Waals surface area contributed by atoms with E-state index in [1.54, 1.807) is 0 Å². The molecule has 1 aliphatic carbocycles. The Morgan fingerprint density at radius 1 is 0.500 bits per heavy atom. The Labute approximate surface area is 351 Å². The van der Waals surface area contributed by atoms with E-state index in [1.807, 2.05) is 11.3 Å². The molecule has 3 atom stereocenters. The molecule has 1 aliphatic rings. The van der Waals surface area contributed by atoms with Crippen molar-refractivity contribution in [3.05, 3.63) is 187 Å². The van der Waals surface area contributed by atoms with Gasteiger partial charge in [0.25, 0.3) is 0 Å². The number of nitrogens with zero attached hydrogens (tertiary/aromatic N) is 2. The lowest BCUT2D eigenvalue weighted by molar-refractivity contribution is 0.380. The van der Waals surface area contributed by atoms with E-state index in [-0.39, 0.29) is 0 Å². The molecule has 9 aromatic carbocycles. The highest BCUT2D eigenvalue weighted by Gasteiger charge is 2.30. The minimum absolute atomic E-state index is 0.407. The number of fused-ring (bicyclic) bond motifs is 17. The second-order valence-corrected chi connectivity index (χ2v) is 18.2. The number of allylic oxidation sites excluding steroid dienone is 2. The second-order valence-electron chi connectivity index (χ2n) is 17.2. The predicted molar refractivity (Wildman–Crippen MR) is 259 cm³/mol. The lowest BCUT2D eigenvalue weighted by atomic mass is 9.70. The first-order valence-corrected chi connectivity index (χ1v) is 22.1. The fourth-order valence-electron chi connectivity index (χ4n) is 11.1. The van der Waals surface area contributed by atoms with Crippen molar-refractivity contribution in [1.82, 2.24) is 9.38 Å². The van der Waals surface area contributed by atoms with Gasteiger partial charge in [-0.05, 0) is 107 Å². The van der Waals surface area contributed by atoms with E-state index in [1.165, 1.54) is 102 Å². The van der Waals surface area contributed by atoms with Crippen molar-refractivity contribution < 1.29 is 0 Å². The molecule has 3 unspecified atom stereocenters. The lowest BCUT2D eigenvalue weighted by Crippen LogP contribution is -2.21. The average Bonchev–Trinajstić information content (AvgIpc) is 3.88. The smallest absolute Gasteiger partial charge is 0.156 e. The SMILES string of the molecule is CC1C=C(c2ccc(-c3cc4c5ccc6ccccc6c5sc4c4nc5c6ccccc6ccc5n34)cc2)CC(C)C1c1ccc2c3ccccc3c3ccccc3c2c1. The maximum Gasteiger partial charge on any atom is 0.156 e. The van der Waals surface area contributed by atoms with Gasteiger partial charge in [0.05, 0.1) is 21.4 Å². The third kappa shape index (κ3) is 4.90. The van der Waals surface area contributed by atoms with Crippen LogP contribution in [0.4, 0.5) is 0 Å². The van der Waals surface area contributed by atoms with Crippen LogP contribution in [-0.4, -0.2) is 9.38 Å². The largest absolute Gasteiger partial charge is 0.291 e. The average molecular weight is 785 g/mol. The van der Waals surface area contributed by atoms with Crippen LogP contribution in [0.3, 0.4) is 0 Å². The van der Waals surface area contributed by atoms with E-state index >= 15 is 0 Å². The Morgan fingerprint density at radius 2 is 1.08 bits per heavy atom. The monoisotopic (exact) mass is 784 g/mol. The first kappa shape index (κ1) is 34.1. The summed E-state index contributed by atoms with van der Waals surface area (Å²) in [7, 11) is 0. The van der Waals surface area contributed by atoms with Crippen molar-refractivity contribution in [2.45, 2.75) is 26.2 Å². The standard InChI is InChI=1S/C57H40N2S/c1-33-29-40(30-34(2)53(33)39-24-26-47-45-17-8-7-15-43(45)44-16-9-10-18-46(44)49(47)31-39)35-19-21-38(22-20-35)52-32-50-48-27-23-37-12-4-6-14-42(37)55(48)60-56(50)57-58-54-41-13-5-3-11-36(41)25-28-51(54)59(52)57/h3-29,31-34,53H,30H2,1-2H3. The Morgan fingerprint density at radius 3 is 1.80 bits per heavy atom. The van der Waals surface area contributed by atoms with Crippen molar-refractivity contribution in [3.8, 4) is 11.3 Å². The molecule has 2 nitrogen and oxygen atoms in total. The van der Waals surface area contributed by atoms with E-state index in [9.17, 15) is 0 Å². The van der Waals surface area contributed by atoms with Gasteiger partial charge >= 0.3 is 0 Å². The van der Waals surface area contributed by atoms with Gasteiger partial charge in [0.2, 0.25) is 0 Å². The molecule has 0 bridgehead atoms. The van der Waals surface area contributed by atoms with Crippen LogP contribution in [-0.2, 0) is 0 Å². The van der Waals surface area contributed by atoms with Crippen molar-refractivity contribution in [2.24, 2.45) is 11.8 Å². The molecule has 0 fully saturated rings. The van der Waals surface area contributed by atoms with Crippen LogP contribution in [0.15, 0.2) is 176 Å². The molecule has 0 saturated heterocycles. The first-order chi connectivity index (χ1) is 29.6. The van der Waals surface area contributed by atoms with Gasteiger partial charge in [0.1, 0.15) is 0 Å². The Kier molecular flexibility index (Phi) is 7.30. The molecule has 0 N–H and O–H groups in total. The summed E-state index contributed by atoms with van der Waals surface area (Å²) in [6.07, 6.45) is 3.61. The van der Waals surface area contributed by atoms with Gasteiger partial charge in [-0.25, -0.2) is 4.98 Å². The summed E-state index contributed by atoms with van der Waals surface area (Å²) in [4.78, 5) is 5.48. The second kappa shape index (κ2) is 12.8. The van der Waals surface area contributed by atoms with Gasteiger partial charge in [0, 0.05) is 20.9 Å². The molecule has 3 heterocycles. The molecule has 60 heavy (non-hydrogen) atoms. The summed E-state index contributed by atoms with van der Waals surface area (Å²) in [5.41, 5.74) is 9.81. The number of pyridine rings is 1. The molecule has 284 valence electrons. The van der Waals surface area contributed by atoms with E-state index in [0.717, 1.165) is 23.1 Å². The number of thiophene rings is 1. The topological polar surface area (TPSA) is 17.3 Å². The number of imidazole rings is 1. The highest BCUT2D eigenvalue weighted by Crippen LogP contribution is 2.47. The normalized spacial score (nSPS) is 17.4. The van der Waals surface area contributed by atoms with Crippen molar-refractivity contribution in [3.63, 3.8) is 0 Å². The lowest BCUT2D eigenvalue weighted by Gasteiger charge is -2.34. The molecular formula is C57H40N2S. The molecule has 0 spiro atoms. The van der Waals surface area contributed by atoms with Gasteiger partial charge in [-0.3, -0.25) is 4.40 Å². The molecule has 0 radical (unpaired) electrons. The maximum atomic E-state index is 5.48. The van der Waals surface area contributed by atoms with Crippen LogP contribution >= 0.6 is 11.3 Å². The minimum atomic E-state index is 0.407. The van der Waals surface area contributed by atoms with E-state index in [2.05, 4.69) is 194 Å². The van der Waals surface area contributed by atoms with E-state index in [0.29, 0.717) is 17.8 Å². The predicted octanol–water partition coefficient (Wildman–Crippen LogP) is 16.1. The van der Waals surface area contributed by atoms with Crippen LogP contribution < -0.4 is 0 Å². The Bertz CT molecular complexity index is 3750. The van der Waals surface area contributed by atoms with Crippen LogP contribution in [0.1, 0.15) is 37.3 Å². The van der Waals surface area contributed by atoms with Crippen LogP contribution in [0.25, 0.3) is 108 Å². The van der Waals surface area contributed by atoms with Crippen molar-refractivity contribution in [1.29, 1.82) is 0 Å². The van der Waals surface area contributed by atoms with Gasteiger partial charge < -0.3 is 0 Å². The summed E-state index contributed by atoms with van der Waals surface area (Å²) in [5, 5.41) is 15.6. The van der Waals surface area contributed by atoms with Gasteiger partial charge in [-0.15, -0.1) is 11.3 Å². The van der Waals surface area contributed by atoms with Gasteiger partial charge in [-0.1, -0.05) is 178 Å². The zero-order valence-electron chi connectivity index (χ0n) is 33.5. The molecule has 3 heteroatoms. The summed E-state index contributed by atoms with van der Waals surface area (Å²) in [6.45, 7) is 4.88. The quantitative estimate of drug-likeness (QED) is 0.163. The zero-order chi connectivity index (χ0) is 39.6. The first-order valence-electron chi connectivity index (χ1n) is 21.3. The number of hydrogen-bond donors (Lipinski definition) is 0. The van der Waals surface area contributed by atoms with Crippen LogP contribution in [0.2, 0.25) is 0 Å². The third-order valence-corrected chi connectivity index (χ3v) is 15.0. The minimum Gasteiger partial charge on any atom is -0.291 e. The van der Waals surface area contributed by atoms with Crippen LogP contribution in [0.5, 0.6) is 0 Å². The summed E-state index contributed by atoms with van der Waals surface area (Å²) in [5.74, 6) is 1.36. The Hall–Kier alpha value is -6.81. The van der Waals surface area contributed by atoms with Crippen molar-refractivity contribution >= 4 is 108 Å².